The Morgan fingerprint density at radius 3 is 1.95 bits per heavy atom. The van der Waals surface area contributed by atoms with Gasteiger partial charge in [-0.05, 0) is 20.5 Å². The van der Waals surface area contributed by atoms with Crippen LogP contribution in [0.1, 0.15) is 47.5 Å². The van der Waals surface area contributed by atoms with Crippen LogP contribution in [0.3, 0.4) is 0 Å². The van der Waals surface area contributed by atoms with Crippen LogP contribution < -0.4 is 16.4 Å². The second-order valence-electron chi connectivity index (χ2n) is 4.35. The first-order chi connectivity index (χ1) is 10.3. The molecule has 0 saturated carbocycles. The molecule has 4 N–H and O–H groups in total. The number of nitrogens with one attached hydrogen (secondary N) is 2. The first-order valence-electron chi connectivity index (χ1n) is 7.80. The minimum absolute atomic E-state index is 0.0616. The molecule has 3 amide bonds. The number of carbonyl (C=O) groups excluding carboxylic acids is 3. The van der Waals surface area contributed by atoms with Crippen molar-refractivity contribution in [2.24, 2.45) is 5.73 Å². The monoisotopic (exact) mass is 318 g/mol. The van der Waals surface area contributed by atoms with Gasteiger partial charge in [0.15, 0.2) is 0 Å². The molecule has 1 atom stereocenters. The molecule has 0 aliphatic rings. The molecule has 0 bridgehead atoms. The predicted molar refractivity (Wildman–Crippen MR) is 90.3 cm³/mol. The first-order valence-corrected chi connectivity index (χ1v) is 7.80. The molecule has 7 nitrogen and oxygen atoms in total. The normalized spacial score (nSPS) is 10.4. The maximum Gasteiger partial charge on any atom is 0.242 e. The van der Waals surface area contributed by atoms with Gasteiger partial charge in [0.1, 0.15) is 6.04 Å². The number of carbonyl (C=O) groups is 3. The Bertz CT molecular complexity index is 307. The van der Waals surface area contributed by atoms with Crippen molar-refractivity contribution in [3.05, 3.63) is 0 Å². The van der Waals surface area contributed by atoms with Gasteiger partial charge in [-0.1, -0.05) is 27.7 Å². The lowest BCUT2D eigenvalue weighted by atomic mass is 10.1. The fourth-order valence-electron chi connectivity index (χ4n) is 1.33. The molecule has 0 heterocycles. The third-order valence-electron chi connectivity index (χ3n) is 2.23. The lowest BCUT2D eigenvalue weighted by Gasteiger charge is -2.18. The third kappa shape index (κ3) is 18.4. The maximum absolute atomic E-state index is 11.8. The van der Waals surface area contributed by atoms with E-state index in [4.69, 9.17) is 5.73 Å². The van der Waals surface area contributed by atoms with Gasteiger partial charge in [0, 0.05) is 26.4 Å². The number of hydrogen-bond donors (Lipinski definition) is 3. The molecule has 0 aliphatic carbocycles. The zero-order chi connectivity index (χ0) is 18.1. The Morgan fingerprint density at radius 2 is 1.59 bits per heavy atom. The molecule has 0 aromatic carbocycles. The summed E-state index contributed by atoms with van der Waals surface area (Å²) >= 11 is 0. The smallest absolute Gasteiger partial charge is 0.242 e. The molecule has 0 saturated heterocycles. The van der Waals surface area contributed by atoms with E-state index in [1.165, 1.54) is 6.92 Å². The summed E-state index contributed by atoms with van der Waals surface area (Å²) in [7, 11) is 3.79. The van der Waals surface area contributed by atoms with Crippen molar-refractivity contribution in [2.75, 3.05) is 27.2 Å². The van der Waals surface area contributed by atoms with E-state index in [2.05, 4.69) is 10.6 Å². The van der Waals surface area contributed by atoms with Crippen LogP contribution >= 0.6 is 0 Å². The quantitative estimate of drug-likeness (QED) is 0.605. The SMILES string of the molecule is CC.CC.CC(=O)NC(CCC(N)=O)C(=O)NCCN(C)C. The highest BCUT2D eigenvalue weighted by molar-refractivity contribution is 5.87. The molecule has 0 radical (unpaired) electrons. The van der Waals surface area contributed by atoms with E-state index in [0.29, 0.717) is 13.1 Å². The fraction of sp³-hybridized carbons (Fsp3) is 0.800. The standard InChI is InChI=1S/C11H22N4O3.2C2H6/c1-8(16)14-9(4-5-10(12)17)11(18)13-6-7-15(2)3;2*1-2/h9H,4-7H2,1-3H3,(H2,12,17)(H,13,18)(H,14,16);2*1-2H3. The Labute approximate surface area is 135 Å². The molecule has 0 aliphatic heterocycles. The van der Waals surface area contributed by atoms with Crippen LogP contribution in [0.5, 0.6) is 0 Å². The van der Waals surface area contributed by atoms with Crippen molar-refractivity contribution in [3.63, 3.8) is 0 Å². The molecule has 0 fully saturated rings. The highest BCUT2D eigenvalue weighted by Crippen LogP contribution is 1.97. The van der Waals surface area contributed by atoms with Gasteiger partial charge >= 0.3 is 0 Å². The fourth-order valence-corrected chi connectivity index (χ4v) is 1.33. The van der Waals surface area contributed by atoms with Gasteiger partial charge in [-0.3, -0.25) is 14.4 Å². The molecule has 1 unspecified atom stereocenters. The van der Waals surface area contributed by atoms with Gasteiger partial charge < -0.3 is 21.3 Å². The predicted octanol–water partition coefficient (Wildman–Crippen LogP) is 0.487. The van der Waals surface area contributed by atoms with E-state index in [9.17, 15) is 14.4 Å². The maximum atomic E-state index is 11.8. The highest BCUT2D eigenvalue weighted by Gasteiger charge is 2.19. The number of nitrogens with two attached hydrogens (primary N) is 1. The second-order valence-corrected chi connectivity index (χ2v) is 4.35. The van der Waals surface area contributed by atoms with Crippen LogP contribution in [-0.4, -0.2) is 55.8 Å². The van der Waals surface area contributed by atoms with Crippen LogP contribution in [0.2, 0.25) is 0 Å². The van der Waals surface area contributed by atoms with Crippen LogP contribution in [0, 0.1) is 0 Å². The number of primary amides is 1. The van der Waals surface area contributed by atoms with Crippen LogP contribution in [0.4, 0.5) is 0 Å². The Balaban J connectivity index is -0.000000826. The summed E-state index contributed by atoms with van der Waals surface area (Å²) in [6.07, 6.45) is 0.273. The first kappa shape index (κ1) is 25.3. The van der Waals surface area contributed by atoms with Crippen molar-refractivity contribution in [1.82, 2.24) is 15.5 Å². The van der Waals surface area contributed by atoms with Crippen molar-refractivity contribution in [2.45, 2.75) is 53.5 Å². The topological polar surface area (TPSA) is 105 Å². The minimum atomic E-state index is -0.711. The van der Waals surface area contributed by atoms with Crippen molar-refractivity contribution < 1.29 is 14.4 Å². The van der Waals surface area contributed by atoms with Crippen molar-refractivity contribution in [1.29, 1.82) is 0 Å². The van der Waals surface area contributed by atoms with Crippen LogP contribution in [0.15, 0.2) is 0 Å². The van der Waals surface area contributed by atoms with E-state index in [1.54, 1.807) is 0 Å². The van der Waals surface area contributed by atoms with Gasteiger partial charge in [-0.25, -0.2) is 0 Å². The van der Waals surface area contributed by atoms with Gasteiger partial charge in [0.2, 0.25) is 17.7 Å². The molecule has 0 aromatic rings. The second kappa shape index (κ2) is 17.4. The highest BCUT2D eigenvalue weighted by atomic mass is 16.2. The number of rotatable bonds is 8. The van der Waals surface area contributed by atoms with Crippen molar-refractivity contribution >= 4 is 17.7 Å². The molecule has 7 heteroatoms. The summed E-state index contributed by atoms with van der Waals surface area (Å²) in [5.41, 5.74) is 5.02. The molecule has 0 aromatic heterocycles. The summed E-state index contributed by atoms with van der Waals surface area (Å²) in [5, 5.41) is 5.20. The van der Waals surface area contributed by atoms with E-state index in [0.717, 1.165) is 0 Å². The zero-order valence-electron chi connectivity index (χ0n) is 15.2. The van der Waals surface area contributed by atoms with Gasteiger partial charge in [0.05, 0.1) is 0 Å². The number of hydrogen-bond acceptors (Lipinski definition) is 4. The van der Waals surface area contributed by atoms with E-state index in [1.807, 2.05) is 46.7 Å². The van der Waals surface area contributed by atoms with E-state index in [-0.39, 0.29) is 24.7 Å². The van der Waals surface area contributed by atoms with Crippen molar-refractivity contribution in [3.8, 4) is 0 Å². The zero-order valence-corrected chi connectivity index (χ0v) is 15.2. The molecule has 0 rings (SSSR count). The summed E-state index contributed by atoms with van der Waals surface area (Å²) in [6.45, 7) is 10.5. The Hall–Kier alpha value is -1.63. The largest absolute Gasteiger partial charge is 0.370 e. The molecule has 132 valence electrons. The summed E-state index contributed by atoms with van der Waals surface area (Å²) in [4.78, 5) is 35.4. The average molecular weight is 318 g/mol. The molecule has 22 heavy (non-hydrogen) atoms. The van der Waals surface area contributed by atoms with Gasteiger partial charge in [-0.15, -0.1) is 0 Å². The number of nitrogens with zero attached hydrogens (tertiary/aromatic N) is 1. The molecular formula is C15H34N4O3. The molecule has 0 spiro atoms. The van der Waals surface area contributed by atoms with E-state index < -0.39 is 11.9 Å². The molecular weight excluding hydrogens is 284 g/mol. The van der Waals surface area contributed by atoms with Crippen LogP contribution in [-0.2, 0) is 14.4 Å². The third-order valence-corrected chi connectivity index (χ3v) is 2.23. The summed E-state index contributed by atoms with van der Waals surface area (Å²) < 4.78 is 0. The number of likely N-dealkylation sites (N-methyl/N-ethyl adjacent to an activating group) is 1. The Morgan fingerprint density at radius 1 is 1.09 bits per heavy atom. The minimum Gasteiger partial charge on any atom is -0.370 e. The average Bonchev–Trinajstić information content (AvgIpc) is 2.46. The number of amides is 3. The summed E-state index contributed by atoms with van der Waals surface area (Å²) in [5.74, 6) is -1.10. The Kier molecular flexibility index (Phi) is 20.1. The lowest BCUT2D eigenvalue weighted by Crippen LogP contribution is -2.47. The van der Waals surface area contributed by atoms with Gasteiger partial charge in [0.25, 0.3) is 0 Å². The van der Waals surface area contributed by atoms with E-state index >= 15 is 0 Å². The van der Waals surface area contributed by atoms with Gasteiger partial charge in [-0.2, -0.15) is 0 Å². The van der Waals surface area contributed by atoms with Crippen LogP contribution in [0.25, 0.3) is 0 Å². The summed E-state index contributed by atoms with van der Waals surface area (Å²) in [6, 6.07) is -0.711. The lowest BCUT2D eigenvalue weighted by molar-refractivity contribution is -0.128.